The Kier molecular flexibility index (Phi) is 7.35. The third kappa shape index (κ3) is 6.30. The topological polar surface area (TPSA) is 122 Å². The van der Waals surface area contributed by atoms with Crippen LogP contribution < -0.4 is 10.6 Å². The number of fused-ring (bicyclic) bond motifs is 1. The van der Waals surface area contributed by atoms with Crippen molar-refractivity contribution in [3.63, 3.8) is 0 Å². The van der Waals surface area contributed by atoms with Gasteiger partial charge in [-0.3, -0.25) is 34.2 Å². The summed E-state index contributed by atoms with van der Waals surface area (Å²) in [6.45, 7) is 14.2. The van der Waals surface area contributed by atoms with Crippen LogP contribution in [0.15, 0.2) is 18.2 Å². The fraction of sp³-hybridized carbons (Fsp3) is 0.593. The lowest BCUT2D eigenvalue weighted by Gasteiger charge is -2.35. The number of ether oxygens (including phenoxy) is 1. The molecule has 0 aromatic heterocycles. The molecule has 1 atom stereocenters. The SMILES string of the molecule is CC(C)(CNc1cccc2c1C(=O)N(C1CCC(=O)NC1=O)C2=O)CC(C)(C)CC(=O)OC(C)(C)C. The molecule has 1 fully saturated rings. The highest BCUT2D eigenvalue weighted by molar-refractivity contribution is 6.25. The van der Waals surface area contributed by atoms with Gasteiger partial charge >= 0.3 is 5.97 Å². The zero-order chi connectivity index (χ0) is 27.1. The largest absolute Gasteiger partial charge is 0.460 e. The first-order valence-electron chi connectivity index (χ1n) is 12.3. The Hall–Kier alpha value is -3.23. The minimum Gasteiger partial charge on any atom is -0.460 e. The van der Waals surface area contributed by atoms with Crippen LogP contribution in [0.5, 0.6) is 0 Å². The number of hydrogen-bond donors (Lipinski definition) is 2. The van der Waals surface area contributed by atoms with E-state index in [1.165, 1.54) is 0 Å². The zero-order valence-electron chi connectivity index (χ0n) is 22.2. The Labute approximate surface area is 212 Å². The van der Waals surface area contributed by atoms with E-state index in [-0.39, 0.29) is 47.2 Å². The Morgan fingerprint density at radius 1 is 1.03 bits per heavy atom. The molecule has 1 aromatic rings. The number of benzene rings is 1. The quantitative estimate of drug-likeness (QED) is 0.413. The highest BCUT2D eigenvalue weighted by Crippen LogP contribution is 2.38. The summed E-state index contributed by atoms with van der Waals surface area (Å²) in [5.41, 5.74) is -0.139. The first-order chi connectivity index (χ1) is 16.5. The number of nitrogens with one attached hydrogen (secondary N) is 2. The third-order valence-electron chi connectivity index (χ3n) is 6.23. The average molecular weight is 500 g/mol. The van der Waals surface area contributed by atoms with Gasteiger partial charge in [0.1, 0.15) is 11.6 Å². The summed E-state index contributed by atoms with van der Waals surface area (Å²) in [5, 5.41) is 5.53. The summed E-state index contributed by atoms with van der Waals surface area (Å²) < 4.78 is 5.49. The van der Waals surface area contributed by atoms with E-state index in [2.05, 4.69) is 24.5 Å². The minimum atomic E-state index is -1.01. The van der Waals surface area contributed by atoms with Crippen molar-refractivity contribution in [2.45, 2.75) is 85.8 Å². The summed E-state index contributed by atoms with van der Waals surface area (Å²) in [7, 11) is 0. The van der Waals surface area contributed by atoms with Crippen molar-refractivity contribution in [2.24, 2.45) is 10.8 Å². The maximum Gasteiger partial charge on any atom is 0.306 e. The van der Waals surface area contributed by atoms with Crippen LogP contribution in [0.2, 0.25) is 0 Å². The van der Waals surface area contributed by atoms with E-state index >= 15 is 0 Å². The second-order valence-corrected chi connectivity index (χ2v) is 12.3. The van der Waals surface area contributed by atoms with Crippen molar-refractivity contribution < 1.29 is 28.7 Å². The van der Waals surface area contributed by atoms with Gasteiger partial charge in [0.25, 0.3) is 11.8 Å². The first kappa shape index (κ1) is 27.4. The van der Waals surface area contributed by atoms with Crippen LogP contribution in [0.3, 0.4) is 0 Å². The lowest BCUT2D eigenvalue weighted by Crippen LogP contribution is -2.54. The molecule has 0 bridgehead atoms. The molecule has 0 spiro atoms. The molecule has 2 N–H and O–H groups in total. The van der Waals surface area contributed by atoms with E-state index in [1.807, 2.05) is 34.6 Å². The summed E-state index contributed by atoms with van der Waals surface area (Å²) >= 11 is 0. The second-order valence-electron chi connectivity index (χ2n) is 12.3. The van der Waals surface area contributed by atoms with E-state index in [4.69, 9.17) is 4.74 Å². The monoisotopic (exact) mass is 499 g/mol. The molecule has 4 amide bonds. The Balaban J connectivity index is 1.71. The van der Waals surface area contributed by atoms with Gasteiger partial charge in [0.15, 0.2) is 0 Å². The number of carbonyl (C=O) groups is 5. The van der Waals surface area contributed by atoms with Crippen molar-refractivity contribution in [3.05, 3.63) is 29.3 Å². The van der Waals surface area contributed by atoms with Gasteiger partial charge in [0, 0.05) is 18.7 Å². The Morgan fingerprint density at radius 2 is 1.69 bits per heavy atom. The van der Waals surface area contributed by atoms with Gasteiger partial charge in [-0.15, -0.1) is 0 Å². The number of esters is 1. The molecule has 0 saturated carbocycles. The van der Waals surface area contributed by atoms with E-state index in [1.54, 1.807) is 18.2 Å². The molecule has 196 valence electrons. The summed E-state index contributed by atoms with van der Waals surface area (Å²) in [4.78, 5) is 63.5. The zero-order valence-corrected chi connectivity index (χ0v) is 22.2. The maximum absolute atomic E-state index is 13.3. The highest BCUT2D eigenvalue weighted by atomic mass is 16.6. The molecule has 1 unspecified atom stereocenters. The number of nitrogens with zero attached hydrogens (tertiary/aromatic N) is 1. The van der Waals surface area contributed by atoms with Crippen LogP contribution in [-0.4, -0.2) is 52.7 Å². The number of anilines is 1. The molecule has 3 rings (SSSR count). The van der Waals surface area contributed by atoms with Crippen molar-refractivity contribution in [1.29, 1.82) is 0 Å². The first-order valence-corrected chi connectivity index (χ1v) is 12.3. The average Bonchev–Trinajstić information content (AvgIpc) is 2.95. The Morgan fingerprint density at radius 3 is 2.31 bits per heavy atom. The molecule has 0 aliphatic carbocycles. The fourth-order valence-corrected chi connectivity index (χ4v) is 5.19. The molecule has 36 heavy (non-hydrogen) atoms. The summed E-state index contributed by atoms with van der Waals surface area (Å²) in [6, 6.07) is 3.99. The van der Waals surface area contributed by atoms with Crippen molar-refractivity contribution in [2.75, 3.05) is 11.9 Å². The van der Waals surface area contributed by atoms with Crippen molar-refractivity contribution in [1.82, 2.24) is 10.2 Å². The van der Waals surface area contributed by atoms with Crippen LogP contribution in [0.4, 0.5) is 5.69 Å². The van der Waals surface area contributed by atoms with Gasteiger partial charge in [-0.25, -0.2) is 0 Å². The van der Waals surface area contributed by atoms with Crippen LogP contribution >= 0.6 is 0 Å². The van der Waals surface area contributed by atoms with Gasteiger partial charge < -0.3 is 10.1 Å². The highest BCUT2D eigenvalue weighted by Gasteiger charge is 2.45. The molecule has 2 aliphatic heterocycles. The number of piperidine rings is 1. The molecule has 9 heteroatoms. The predicted molar refractivity (Wildman–Crippen MR) is 134 cm³/mol. The van der Waals surface area contributed by atoms with Crippen LogP contribution in [0.25, 0.3) is 0 Å². The lowest BCUT2D eigenvalue weighted by atomic mass is 9.73. The molecule has 9 nitrogen and oxygen atoms in total. The lowest BCUT2D eigenvalue weighted by molar-refractivity contribution is -0.157. The predicted octanol–water partition coefficient (Wildman–Crippen LogP) is 3.67. The number of hydrogen-bond acceptors (Lipinski definition) is 7. The van der Waals surface area contributed by atoms with Crippen LogP contribution in [0, 0.1) is 10.8 Å². The van der Waals surface area contributed by atoms with Gasteiger partial charge in [0.2, 0.25) is 11.8 Å². The third-order valence-corrected chi connectivity index (χ3v) is 6.23. The van der Waals surface area contributed by atoms with Gasteiger partial charge in [-0.2, -0.15) is 0 Å². The number of rotatable bonds is 8. The maximum atomic E-state index is 13.3. The van der Waals surface area contributed by atoms with Gasteiger partial charge in [-0.05, 0) is 56.6 Å². The molecule has 1 aromatic carbocycles. The molecule has 1 saturated heterocycles. The van der Waals surface area contributed by atoms with Crippen LogP contribution in [-0.2, 0) is 19.1 Å². The summed E-state index contributed by atoms with van der Waals surface area (Å²) in [5.74, 6) is -2.37. The molecule has 2 aliphatic rings. The Bertz CT molecular complexity index is 1100. The molecular weight excluding hydrogens is 462 g/mol. The van der Waals surface area contributed by atoms with Crippen molar-refractivity contribution in [3.8, 4) is 0 Å². The van der Waals surface area contributed by atoms with E-state index < -0.39 is 35.3 Å². The van der Waals surface area contributed by atoms with E-state index in [0.29, 0.717) is 18.7 Å². The fourth-order valence-electron chi connectivity index (χ4n) is 5.19. The minimum absolute atomic E-state index is 0.0716. The normalized spacial score (nSPS) is 18.8. The standard InChI is InChI=1S/C27H37N3O6/c1-25(2,3)36-20(32)13-26(4,5)14-27(6,7)15-28-17-10-8-9-16-21(17)24(35)30(23(16)34)18-11-12-19(31)29-22(18)33/h8-10,18,28H,11-15H2,1-7H3,(H,29,31,33). The van der Waals surface area contributed by atoms with E-state index in [9.17, 15) is 24.0 Å². The van der Waals surface area contributed by atoms with Gasteiger partial charge in [-0.1, -0.05) is 33.8 Å². The van der Waals surface area contributed by atoms with Gasteiger partial charge in [0.05, 0.1) is 17.5 Å². The summed E-state index contributed by atoms with van der Waals surface area (Å²) in [6.07, 6.45) is 1.17. The molecule has 2 heterocycles. The molecular formula is C27H37N3O6. The number of amides is 4. The number of imide groups is 2. The van der Waals surface area contributed by atoms with Crippen molar-refractivity contribution >= 4 is 35.3 Å². The van der Waals surface area contributed by atoms with Crippen LogP contribution in [0.1, 0.15) is 94.9 Å². The van der Waals surface area contributed by atoms with E-state index in [0.717, 1.165) is 4.90 Å². The smallest absolute Gasteiger partial charge is 0.306 e. The second kappa shape index (κ2) is 9.67. The molecule has 0 radical (unpaired) electrons. The number of carbonyl (C=O) groups excluding carboxylic acids is 5.